The van der Waals surface area contributed by atoms with E-state index in [9.17, 15) is 0 Å². The molecule has 0 aliphatic carbocycles. The second-order valence-electron chi connectivity index (χ2n) is 3.44. The Bertz CT molecular complexity index is 168. The lowest BCUT2D eigenvalue weighted by atomic mass is 10.1. The molecule has 0 aromatic rings. The molecular formula is C10H15N. The monoisotopic (exact) mass is 149 g/mol. The van der Waals surface area contributed by atoms with Crippen molar-refractivity contribution in [2.45, 2.75) is 26.3 Å². The molecular weight excluding hydrogens is 134 g/mol. The van der Waals surface area contributed by atoms with Crippen LogP contribution in [0, 0.1) is 24.7 Å². The van der Waals surface area contributed by atoms with Crippen LogP contribution in [-0.4, -0.2) is 23.5 Å². The van der Waals surface area contributed by atoms with Gasteiger partial charge in [0.2, 0.25) is 0 Å². The molecule has 0 aliphatic heterocycles. The fourth-order valence-electron chi connectivity index (χ4n) is 0.751. The van der Waals surface area contributed by atoms with Crippen molar-refractivity contribution in [3.63, 3.8) is 0 Å². The first-order chi connectivity index (χ1) is 5.02. The summed E-state index contributed by atoms with van der Waals surface area (Å²) in [6.07, 6.45) is 10.4. The smallest absolute Gasteiger partial charge is 0.0612 e. The third-order valence-corrected chi connectivity index (χ3v) is 1.51. The highest BCUT2D eigenvalue weighted by Crippen LogP contribution is 2.10. The second kappa shape index (κ2) is 4.06. The molecule has 0 atom stereocenters. The van der Waals surface area contributed by atoms with Crippen molar-refractivity contribution in [1.29, 1.82) is 0 Å². The van der Waals surface area contributed by atoms with Gasteiger partial charge in [0.15, 0.2) is 0 Å². The first-order valence-corrected chi connectivity index (χ1v) is 3.64. The van der Waals surface area contributed by atoms with Gasteiger partial charge in [0.25, 0.3) is 0 Å². The maximum atomic E-state index is 5.20. The summed E-state index contributed by atoms with van der Waals surface area (Å²) in [4.78, 5) is 2.08. The van der Waals surface area contributed by atoms with Crippen LogP contribution in [0.3, 0.4) is 0 Å². The minimum atomic E-state index is 0.0682. The molecule has 0 heterocycles. The zero-order chi connectivity index (χ0) is 8.91. The van der Waals surface area contributed by atoms with Crippen molar-refractivity contribution >= 4 is 0 Å². The predicted octanol–water partition coefficient (Wildman–Crippen LogP) is 1.35. The highest BCUT2D eigenvalue weighted by atomic mass is 15.2. The van der Waals surface area contributed by atoms with E-state index in [1.54, 1.807) is 0 Å². The molecule has 11 heavy (non-hydrogen) atoms. The summed E-state index contributed by atoms with van der Waals surface area (Å²) in [5.74, 6) is 5.18. The predicted molar refractivity (Wildman–Crippen MR) is 49.0 cm³/mol. The van der Waals surface area contributed by atoms with Crippen molar-refractivity contribution in [3.05, 3.63) is 0 Å². The molecule has 0 amide bonds. The number of nitrogens with zero attached hydrogens (tertiary/aromatic N) is 1. The van der Waals surface area contributed by atoms with Crippen LogP contribution < -0.4 is 0 Å². The van der Waals surface area contributed by atoms with Crippen molar-refractivity contribution in [2.75, 3.05) is 13.1 Å². The molecule has 0 saturated heterocycles. The van der Waals surface area contributed by atoms with Crippen molar-refractivity contribution < 1.29 is 0 Å². The van der Waals surface area contributed by atoms with E-state index in [1.807, 2.05) is 0 Å². The van der Waals surface area contributed by atoms with Crippen LogP contribution in [0.4, 0.5) is 0 Å². The molecule has 0 spiro atoms. The van der Waals surface area contributed by atoms with Gasteiger partial charge in [0, 0.05) is 5.54 Å². The molecule has 0 radical (unpaired) electrons. The average molecular weight is 149 g/mol. The van der Waals surface area contributed by atoms with Crippen molar-refractivity contribution in [2.24, 2.45) is 0 Å². The summed E-state index contributed by atoms with van der Waals surface area (Å²) >= 11 is 0. The number of hydrogen-bond acceptors (Lipinski definition) is 1. The van der Waals surface area contributed by atoms with E-state index in [0.29, 0.717) is 13.1 Å². The molecule has 0 rings (SSSR count). The van der Waals surface area contributed by atoms with Gasteiger partial charge in [-0.3, -0.25) is 4.90 Å². The molecule has 0 N–H and O–H groups in total. The van der Waals surface area contributed by atoms with Gasteiger partial charge >= 0.3 is 0 Å². The third kappa shape index (κ3) is 3.71. The Morgan fingerprint density at radius 3 is 1.64 bits per heavy atom. The third-order valence-electron chi connectivity index (χ3n) is 1.51. The standard InChI is InChI=1S/C10H15N/c1-6-8-11(9-7-2)10(3,4)5/h1-2H,8-9H2,3-5H3. The highest BCUT2D eigenvalue weighted by Gasteiger charge is 2.18. The van der Waals surface area contributed by atoms with Crippen LogP contribution in [0.25, 0.3) is 0 Å². The second-order valence-corrected chi connectivity index (χ2v) is 3.44. The lowest BCUT2D eigenvalue weighted by molar-refractivity contribution is 0.179. The molecule has 0 aromatic carbocycles. The summed E-state index contributed by atoms with van der Waals surface area (Å²) in [5, 5.41) is 0. The van der Waals surface area contributed by atoms with Crippen LogP contribution in [0.2, 0.25) is 0 Å². The Kier molecular flexibility index (Phi) is 3.72. The molecule has 0 bridgehead atoms. The molecule has 1 nitrogen and oxygen atoms in total. The maximum Gasteiger partial charge on any atom is 0.0612 e. The van der Waals surface area contributed by atoms with Gasteiger partial charge in [-0.05, 0) is 20.8 Å². The van der Waals surface area contributed by atoms with E-state index in [-0.39, 0.29) is 5.54 Å². The highest BCUT2D eigenvalue weighted by molar-refractivity contribution is 4.98. The van der Waals surface area contributed by atoms with Crippen molar-refractivity contribution in [1.82, 2.24) is 4.90 Å². The number of rotatable bonds is 2. The number of terminal acetylenes is 2. The molecule has 0 aromatic heterocycles. The topological polar surface area (TPSA) is 3.24 Å². The Morgan fingerprint density at radius 2 is 1.45 bits per heavy atom. The van der Waals surface area contributed by atoms with E-state index in [2.05, 4.69) is 37.5 Å². The Labute approximate surface area is 69.8 Å². The maximum absolute atomic E-state index is 5.20. The SMILES string of the molecule is C#CCN(CC#C)C(C)(C)C. The minimum Gasteiger partial charge on any atom is -0.276 e. The van der Waals surface area contributed by atoms with E-state index in [4.69, 9.17) is 12.8 Å². The van der Waals surface area contributed by atoms with E-state index >= 15 is 0 Å². The Hall–Kier alpha value is -0.920. The number of hydrogen-bond donors (Lipinski definition) is 0. The Morgan fingerprint density at radius 1 is 1.09 bits per heavy atom. The van der Waals surface area contributed by atoms with Crippen LogP contribution >= 0.6 is 0 Å². The van der Waals surface area contributed by atoms with Crippen LogP contribution in [-0.2, 0) is 0 Å². The summed E-state index contributed by atoms with van der Waals surface area (Å²) in [6, 6.07) is 0. The summed E-state index contributed by atoms with van der Waals surface area (Å²) in [6.45, 7) is 7.53. The molecule has 0 fully saturated rings. The molecule has 0 saturated carbocycles. The van der Waals surface area contributed by atoms with E-state index < -0.39 is 0 Å². The lowest BCUT2D eigenvalue weighted by Crippen LogP contribution is -2.41. The molecule has 0 unspecified atom stereocenters. The zero-order valence-corrected chi connectivity index (χ0v) is 7.52. The summed E-state index contributed by atoms with van der Waals surface area (Å²) < 4.78 is 0. The quantitative estimate of drug-likeness (QED) is 0.536. The molecule has 60 valence electrons. The van der Waals surface area contributed by atoms with Gasteiger partial charge in [0.05, 0.1) is 13.1 Å². The van der Waals surface area contributed by atoms with Gasteiger partial charge in [-0.1, -0.05) is 11.8 Å². The van der Waals surface area contributed by atoms with E-state index in [0.717, 1.165) is 0 Å². The largest absolute Gasteiger partial charge is 0.276 e. The first-order valence-electron chi connectivity index (χ1n) is 3.64. The van der Waals surface area contributed by atoms with E-state index in [1.165, 1.54) is 0 Å². The van der Waals surface area contributed by atoms with Crippen LogP contribution in [0.15, 0.2) is 0 Å². The summed E-state index contributed by atoms with van der Waals surface area (Å²) in [7, 11) is 0. The fourth-order valence-corrected chi connectivity index (χ4v) is 0.751. The zero-order valence-electron chi connectivity index (χ0n) is 7.52. The average Bonchev–Trinajstić information content (AvgIpc) is 1.85. The molecule has 0 aliphatic rings. The van der Waals surface area contributed by atoms with Gasteiger partial charge in [-0.25, -0.2) is 0 Å². The van der Waals surface area contributed by atoms with Crippen molar-refractivity contribution in [3.8, 4) is 24.7 Å². The lowest BCUT2D eigenvalue weighted by Gasteiger charge is -2.32. The summed E-state index contributed by atoms with van der Waals surface area (Å²) in [5.41, 5.74) is 0.0682. The first kappa shape index (κ1) is 10.1. The Balaban J connectivity index is 4.15. The van der Waals surface area contributed by atoms with Gasteiger partial charge in [-0.15, -0.1) is 12.8 Å². The minimum absolute atomic E-state index is 0.0682. The van der Waals surface area contributed by atoms with Gasteiger partial charge < -0.3 is 0 Å². The van der Waals surface area contributed by atoms with Gasteiger partial charge in [0.1, 0.15) is 0 Å². The van der Waals surface area contributed by atoms with Gasteiger partial charge in [-0.2, -0.15) is 0 Å². The van der Waals surface area contributed by atoms with Crippen LogP contribution in [0.5, 0.6) is 0 Å². The fraction of sp³-hybridized carbons (Fsp3) is 0.600. The normalized spacial score (nSPS) is 10.7. The van der Waals surface area contributed by atoms with Crippen LogP contribution in [0.1, 0.15) is 20.8 Å². The molecule has 1 heteroatoms.